The Balaban J connectivity index is 2.10. The van der Waals surface area contributed by atoms with Crippen LogP contribution in [0.25, 0.3) is 0 Å². The van der Waals surface area contributed by atoms with Crippen LogP contribution in [0.5, 0.6) is 0 Å². The van der Waals surface area contributed by atoms with Gasteiger partial charge in [-0.15, -0.1) is 0 Å². The van der Waals surface area contributed by atoms with E-state index in [4.69, 9.17) is 0 Å². The van der Waals surface area contributed by atoms with Gasteiger partial charge in [-0.1, -0.05) is 22.9 Å². The molecule has 1 fully saturated rings. The molecule has 1 aromatic rings. The minimum absolute atomic E-state index is 0.131. The average Bonchev–Trinajstić information content (AvgIpc) is 2.32. The van der Waals surface area contributed by atoms with Crippen molar-refractivity contribution in [2.75, 3.05) is 37.6 Å². The van der Waals surface area contributed by atoms with Gasteiger partial charge in [-0.05, 0) is 24.7 Å². The molecule has 1 heterocycles. The summed E-state index contributed by atoms with van der Waals surface area (Å²) in [6.45, 7) is 7.08. The monoisotopic (exact) mass is 286 g/mol. The fraction of sp³-hybridized carbons (Fsp3) is 0.500. The van der Waals surface area contributed by atoms with Crippen LogP contribution in [0.2, 0.25) is 0 Å². The van der Waals surface area contributed by atoms with Crippen LogP contribution in [0.4, 0.5) is 10.1 Å². The maximum atomic E-state index is 13.7. The van der Waals surface area contributed by atoms with Crippen molar-refractivity contribution in [1.29, 1.82) is 0 Å². The first-order valence-corrected chi connectivity index (χ1v) is 6.42. The van der Waals surface area contributed by atoms with Crippen molar-refractivity contribution < 1.29 is 4.39 Å². The van der Waals surface area contributed by atoms with Crippen LogP contribution in [0.3, 0.4) is 0 Å². The molecule has 0 N–H and O–H groups in total. The molecule has 0 spiro atoms. The molecule has 88 valence electrons. The Labute approximate surface area is 104 Å². The number of nitrogens with zero attached hydrogens (tertiary/aromatic N) is 2. The number of benzene rings is 1. The summed E-state index contributed by atoms with van der Waals surface area (Å²) in [5.74, 6) is -0.131. The Kier molecular flexibility index (Phi) is 3.82. The standard InChI is InChI=1S/C12H16BrFN2/c1-2-15-5-7-16(8-6-15)12-9-10(13)3-4-11(12)14/h3-4,9H,2,5-8H2,1H3. The zero-order valence-corrected chi connectivity index (χ0v) is 11.0. The van der Waals surface area contributed by atoms with Gasteiger partial charge in [0, 0.05) is 30.7 Å². The summed E-state index contributed by atoms with van der Waals surface area (Å²) < 4.78 is 14.6. The number of likely N-dealkylation sites (N-methyl/N-ethyl adjacent to an activating group) is 1. The van der Waals surface area contributed by atoms with Crippen LogP contribution in [-0.4, -0.2) is 37.6 Å². The van der Waals surface area contributed by atoms with E-state index in [0.717, 1.165) is 37.2 Å². The molecular formula is C12H16BrFN2. The van der Waals surface area contributed by atoms with Crippen molar-refractivity contribution in [1.82, 2.24) is 4.90 Å². The maximum Gasteiger partial charge on any atom is 0.146 e. The van der Waals surface area contributed by atoms with Gasteiger partial charge in [0.15, 0.2) is 0 Å². The van der Waals surface area contributed by atoms with Crippen LogP contribution in [0.15, 0.2) is 22.7 Å². The lowest BCUT2D eigenvalue weighted by molar-refractivity contribution is 0.270. The van der Waals surface area contributed by atoms with Crippen molar-refractivity contribution in [2.45, 2.75) is 6.92 Å². The molecule has 4 heteroatoms. The van der Waals surface area contributed by atoms with Gasteiger partial charge in [-0.2, -0.15) is 0 Å². The van der Waals surface area contributed by atoms with Gasteiger partial charge in [0.25, 0.3) is 0 Å². The molecule has 16 heavy (non-hydrogen) atoms. The molecule has 1 aromatic carbocycles. The SMILES string of the molecule is CCN1CCN(c2cc(Br)ccc2F)CC1. The van der Waals surface area contributed by atoms with Gasteiger partial charge in [0.05, 0.1) is 5.69 Å². The van der Waals surface area contributed by atoms with Gasteiger partial charge >= 0.3 is 0 Å². The smallest absolute Gasteiger partial charge is 0.146 e. The summed E-state index contributed by atoms with van der Waals surface area (Å²) in [4.78, 5) is 4.50. The van der Waals surface area contributed by atoms with E-state index in [0.29, 0.717) is 5.69 Å². The van der Waals surface area contributed by atoms with Crippen molar-refractivity contribution in [2.24, 2.45) is 0 Å². The lowest BCUT2D eigenvalue weighted by atomic mass is 10.2. The number of halogens is 2. The Hall–Kier alpha value is -0.610. The van der Waals surface area contributed by atoms with Crippen molar-refractivity contribution in [3.63, 3.8) is 0 Å². The van der Waals surface area contributed by atoms with Crippen LogP contribution < -0.4 is 4.90 Å². The highest BCUT2D eigenvalue weighted by Crippen LogP contribution is 2.24. The fourth-order valence-corrected chi connectivity index (χ4v) is 2.38. The highest BCUT2D eigenvalue weighted by Gasteiger charge is 2.18. The molecule has 2 rings (SSSR count). The molecule has 0 atom stereocenters. The molecule has 0 aliphatic carbocycles. The molecule has 2 nitrogen and oxygen atoms in total. The third kappa shape index (κ3) is 2.55. The van der Waals surface area contributed by atoms with Gasteiger partial charge in [-0.25, -0.2) is 4.39 Å². The van der Waals surface area contributed by atoms with E-state index in [1.165, 1.54) is 6.07 Å². The summed E-state index contributed by atoms with van der Waals surface area (Å²) in [5.41, 5.74) is 0.713. The van der Waals surface area contributed by atoms with Crippen molar-refractivity contribution in [3.05, 3.63) is 28.5 Å². The molecule has 0 bridgehead atoms. The van der Waals surface area contributed by atoms with Crippen LogP contribution in [0.1, 0.15) is 6.92 Å². The van der Waals surface area contributed by atoms with E-state index in [2.05, 4.69) is 32.7 Å². The first-order chi connectivity index (χ1) is 7.70. The van der Waals surface area contributed by atoms with E-state index in [9.17, 15) is 4.39 Å². The van der Waals surface area contributed by atoms with Crippen LogP contribution in [-0.2, 0) is 0 Å². The normalized spacial score (nSPS) is 17.8. The number of hydrogen-bond donors (Lipinski definition) is 0. The lowest BCUT2D eigenvalue weighted by Crippen LogP contribution is -2.46. The van der Waals surface area contributed by atoms with Gasteiger partial charge in [0.1, 0.15) is 5.82 Å². The molecule has 1 saturated heterocycles. The van der Waals surface area contributed by atoms with Crippen molar-refractivity contribution in [3.8, 4) is 0 Å². The highest BCUT2D eigenvalue weighted by molar-refractivity contribution is 9.10. The number of hydrogen-bond acceptors (Lipinski definition) is 2. The fourth-order valence-electron chi connectivity index (χ4n) is 2.03. The van der Waals surface area contributed by atoms with Crippen LogP contribution >= 0.6 is 15.9 Å². The highest BCUT2D eigenvalue weighted by atomic mass is 79.9. The second-order valence-corrected chi connectivity index (χ2v) is 4.93. The Bertz CT molecular complexity index is 362. The molecule has 1 aliphatic heterocycles. The van der Waals surface area contributed by atoms with Gasteiger partial charge < -0.3 is 9.80 Å². The van der Waals surface area contributed by atoms with Crippen molar-refractivity contribution >= 4 is 21.6 Å². The first kappa shape index (κ1) is 11.9. The van der Waals surface area contributed by atoms with Gasteiger partial charge in [0.2, 0.25) is 0 Å². The predicted octanol–water partition coefficient (Wildman–Crippen LogP) is 2.73. The zero-order valence-electron chi connectivity index (χ0n) is 9.42. The average molecular weight is 287 g/mol. The van der Waals surface area contributed by atoms with E-state index in [1.807, 2.05) is 6.07 Å². The lowest BCUT2D eigenvalue weighted by Gasteiger charge is -2.35. The minimum atomic E-state index is -0.131. The molecular weight excluding hydrogens is 271 g/mol. The summed E-state index contributed by atoms with van der Waals surface area (Å²) in [7, 11) is 0. The number of piperazine rings is 1. The van der Waals surface area contributed by atoms with E-state index in [1.54, 1.807) is 6.07 Å². The molecule has 0 radical (unpaired) electrons. The summed E-state index contributed by atoms with van der Waals surface area (Å²) in [6, 6.07) is 5.11. The second-order valence-electron chi connectivity index (χ2n) is 4.02. The molecule has 0 aromatic heterocycles. The largest absolute Gasteiger partial charge is 0.367 e. The first-order valence-electron chi connectivity index (χ1n) is 5.63. The Morgan fingerprint density at radius 1 is 1.25 bits per heavy atom. The van der Waals surface area contributed by atoms with E-state index >= 15 is 0 Å². The molecule has 0 unspecified atom stereocenters. The Morgan fingerprint density at radius 2 is 1.94 bits per heavy atom. The molecule has 0 saturated carbocycles. The second kappa shape index (κ2) is 5.15. The zero-order chi connectivity index (χ0) is 11.5. The minimum Gasteiger partial charge on any atom is -0.367 e. The Morgan fingerprint density at radius 3 is 2.56 bits per heavy atom. The topological polar surface area (TPSA) is 6.48 Å². The third-order valence-electron chi connectivity index (χ3n) is 3.07. The quantitative estimate of drug-likeness (QED) is 0.825. The van der Waals surface area contributed by atoms with Gasteiger partial charge in [-0.3, -0.25) is 0 Å². The molecule has 1 aliphatic rings. The third-order valence-corrected chi connectivity index (χ3v) is 3.56. The van der Waals surface area contributed by atoms with E-state index < -0.39 is 0 Å². The summed E-state index contributed by atoms with van der Waals surface area (Å²) >= 11 is 3.38. The maximum absolute atomic E-state index is 13.7. The summed E-state index contributed by atoms with van der Waals surface area (Å²) in [5, 5.41) is 0. The van der Waals surface area contributed by atoms with E-state index in [-0.39, 0.29) is 5.82 Å². The predicted molar refractivity (Wildman–Crippen MR) is 68.4 cm³/mol. The van der Waals surface area contributed by atoms with Crippen LogP contribution in [0, 0.1) is 5.82 Å². The molecule has 0 amide bonds. The number of rotatable bonds is 2. The summed E-state index contributed by atoms with van der Waals surface area (Å²) in [6.07, 6.45) is 0. The number of anilines is 1.